The average Bonchev–Trinajstić information content (AvgIpc) is 3.12. The topological polar surface area (TPSA) is 89.6 Å². The first-order valence-electron chi connectivity index (χ1n) is 17.5. The van der Waals surface area contributed by atoms with Gasteiger partial charge in [0, 0.05) is 25.7 Å². The normalized spacial score (nSPS) is 18.6. The van der Waals surface area contributed by atoms with Gasteiger partial charge < -0.3 is 9.84 Å². The van der Waals surface area contributed by atoms with Gasteiger partial charge in [-0.1, -0.05) is 61.4 Å². The molecule has 1 saturated heterocycles. The number of aryl methyl sites for hydroxylation is 1. The highest BCUT2D eigenvalue weighted by Crippen LogP contribution is 2.34. The number of aromatic hydroxyl groups is 1. The molecule has 1 saturated carbocycles. The van der Waals surface area contributed by atoms with Crippen molar-refractivity contribution in [1.82, 2.24) is 19.0 Å². The number of hydrogen-bond acceptors (Lipinski definition) is 6. The minimum absolute atomic E-state index is 0.0886. The fourth-order valence-corrected chi connectivity index (χ4v) is 7.64. The highest BCUT2D eigenvalue weighted by molar-refractivity contribution is 5.77. The Labute approximate surface area is 285 Å². The highest BCUT2D eigenvalue weighted by atomic mass is 19.1. The number of hydrogen-bond donors (Lipinski definition) is 1. The number of aromatic nitrogens is 3. The lowest BCUT2D eigenvalue weighted by Crippen LogP contribution is -2.43. The number of phenolic OH excluding ortho intramolecular Hbond substituents is 1. The minimum atomic E-state index is -0.619. The zero-order valence-corrected chi connectivity index (χ0v) is 27.8. The minimum Gasteiger partial charge on any atom is -0.508 e. The summed E-state index contributed by atoms with van der Waals surface area (Å²) in [6, 6.07) is 24.4. The molecule has 0 atom stereocenters. The molecule has 0 spiro atoms. The van der Waals surface area contributed by atoms with E-state index < -0.39 is 17.1 Å². The molecule has 49 heavy (non-hydrogen) atoms. The average molecular weight is 663 g/mol. The molecule has 1 N–H and O–H groups in total. The Morgan fingerprint density at radius 1 is 0.878 bits per heavy atom. The third-order valence-corrected chi connectivity index (χ3v) is 10.2. The zero-order chi connectivity index (χ0) is 33.7. The molecule has 0 radical (unpaired) electrons. The summed E-state index contributed by atoms with van der Waals surface area (Å²) in [5.74, 6) is 0.134. The van der Waals surface area contributed by atoms with E-state index >= 15 is 0 Å². The summed E-state index contributed by atoms with van der Waals surface area (Å²) < 4.78 is 22.9. The van der Waals surface area contributed by atoms with E-state index in [9.17, 15) is 19.1 Å². The summed E-state index contributed by atoms with van der Waals surface area (Å²) in [6.45, 7) is 3.58. The summed E-state index contributed by atoms with van der Waals surface area (Å²) >= 11 is 0. The van der Waals surface area contributed by atoms with Crippen LogP contribution in [0.1, 0.15) is 62.1 Å². The van der Waals surface area contributed by atoms with Crippen LogP contribution in [0.5, 0.6) is 5.75 Å². The predicted molar refractivity (Wildman–Crippen MR) is 190 cm³/mol. The van der Waals surface area contributed by atoms with Gasteiger partial charge in [-0.25, -0.2) is 18.7 Å². The van der Waals surface area contributed by atoms with Gasteiger partial charge in [-0.2, -0.15) is 0 Å². The fourth-order valence-electron chi connectivity index (χ4n) is 7.64. The number of benzene rings is 3. The molecule has 0 amide bonds. The molecule has 2 fully saturated rings. The van der Waals surface area contributed by atoms with Crippen molar-refractivity contribution >= 4 is 11.0 Å². The van der Waals surface area contributed by atoms with Gasteiger partial charge in [0.1, 0.15) is 11.6 Å². The Hall–Kier alpha value is -4.60. The highest BCUT2D eigenvalue weighted by Gasteiger charge is 2.27. The van der Waals surface area contributed by atoms with E-state index in [4.69, 9.17) is 4.74 Å². The van der Waals surface area contributed by atoms with Gasteiger partial charge in [0.15, 0.2) is 5.65 Å². The second-order valence-corrected chi connectivity index (χ2v) is 13.5. The molecule has 2 aliphatic rings. The van der Waals surface area contributed by atoms with Crippen molar-refractivity contribution in [2.75, 3.05) is 26.3 Å². The Kier molecular flexibility index (Phi) is 10.0. The first-order chi connectivity index (χ1) is 23.9. The van der Waals surface area contributed by atoms with Crippen molar-refractivity contribution in [2.45, 2.75) is 64.0 Å². The van der Waals surface area contributed by atoms with Gasteiger partial charge >= 0.3 is 5.69 Å². The standard InChI is InChI=1S/C40H43FN4O4/c41-32-25-37-38(42-26-32)44(34-12-6-11-30(23-34)36-18-17-35(46)24-31(36)27-43-19-21-49-22-20-43)40(48)45(39(37)47)33-15-13-29(14-16-33)10-5-4-9-28-7-2-1-3-8-28/h1-3,6-8,11-12,17-18,23-26,29,33,46H,4-5,9-10,13-16,19-22,27H2. The summed E-state index contributed by atoms with van der Waals surface area (Å²) in [6.07, 6.45) is 8.93. The van der Waals surface area contributed by atoms with Crippen LogP contribution in [0.3, 0.4) is 0 Å². The van der Waals surface area contributed by atoms with E-state index in [0.717, 1.165) is 87.3 Å². The Morgan fingerprint density at radius 2 is 1.67 bits per heavy atom. The van der Waals surface area contributed by atoms with Crippen LogP contribution in [0, 0.1) is 11.7 Å². The maximum absolute atomic E-state index is 14.6. The van der Waals surface area contributed by atoms with Gasteiger partial charge in [-0.05, 0) is 97.0 Å². The number of pyridine rings is 1. The van der Waals surface area contributed by atoms with Crippen molar-refractivity contribution in [1.29, 1.82) is 0 Å². The van der Waals surface area contributed by atoms with Crippen molar-refractivity contribution in [3.05, 3.63) is 123 Å². The van der Waals surface area contributed by atoms with Gasteiger partial charge in [0.05, 0.1) is 30.5 Å². The molecule has 9 heteroatoms. The van der Waals surface area contributed by atoms with Crippen LogP contribution in [0.4, 0.5) is 4.39 Å². The molecule has 0 unspecified atom stereocenters. The number of phenols is 1. The van der Waals surface area contributed by atoms with Crippen LogP contribution in [-0.4, -0.2) is 50.4 Å². The molecular weight excluding hydrogens is 619 g/mol. The van der Waals surface area contributed by atoms with Gasteiger partial charge in [-0.3, -0.25) is 14.3 Å². The molecule has 7 rings (SSSR count). The van der Waals surface area contributed by atoms with Gasteiger partial charge in [-0.15, -0.1) is 0 Å². The summed E-state index contributed by atoms with van der Waals surface area (Å²) in [5.41, 5.74) is 3.83. The number of unbranched alkanes of at least 4 members (excludes halogenated alkanes) is 1. The van der Waals surface area contributed by atoms with Crippen LogP contribution in [0.15, 0.2) is 94.6 Å². The summed E-state index contributed by atoms with van der Waals surface area (Å²) in [7, 11) is 0. The van der Waals surface area contributed by atoms with Crippen molar-refractivity contribution in [3.8, 4) is 22.6 Å². The number of morpholine rings is 1. The first kappa shape index (κ1) is 32.9. The third-order valence-electron chi connectivity index (χ3n) is 10.2. The van der Waals surface area contributed by atoms with E-state index in [1.54, 1.807) is 12.1 Å². The molecule has 8 nitrogen and oxygen atoms in total. The maximum Gasteiger partial charge on any atom is 0.337 e. The lowest BCUT2D eigenvalue weighted by molar-refractivity contribution is 0.0342. The van der Waals surface area contributed by atoms with Crippen LogP contribution < -0.4 is 11.2 Å². The Morgan fingerprint density at radius 3 is 2.47 bits per heavy atom. The Bertz CT molecular complexity index is 2030. The number of nitrogens with zero attached hydrogens (tertiary/aromatic N) is 4. The molecule has 1 aliphatic heterocycles. The quantitative estimate of drug-likeness (QED) is 0.162. The molecular formula is C40H43FN4O4. The third kappa shape index (κ3) is 7.38. The molecule has 5 aromatic rings. The van der Waals surface area contributed by atoms with Crippen molar-refractivity contribution < 1.29 is 14.2 Å². The second-order valence-electron chi connectivity index (χ2n) is 13.5. The van der Waals surface area contributed by atoms with E-state index in [0.29, 0.717) is 31.4 Å². The van der Waals surface area contributed by atoms with Crippen LogP contribution in [0.25, 0.3) is 27.8 Å². The molecule has 0 bridgehead atoms. The van der Waals surface area contributed by atoms with Crippen LogP contribution >= 0.6 is 0 Å². The first-order valence-corrected chi connectivity index (χ1v) is 17.5. The largest absolute Gasteiger partial charge is 0.508 e. The lowest BCUT2D eigenvalue weighted by Gasteiger charge is -2.30. The SMILES string of the molecule is O=c1c2cc(F)cnc2n(-c2cccc(-c3ccc(O)cc3CN3CCOCC3)c2)c(=O)n1C1CCC(CCCCc2ccccc2)CC1. The zero-order valence-electron chi connectivity index (χ0n) is 27.8. The van der Waals surface area contributed by atoms with E-state index in [1.165, 1.54) is 20.8 Å². The van der Waals surface area contributed by atoms with E-state index in [-0.39, 0.29) is 22.8 Å². The van der Waals surface area contributed by atoms with Crippen molar-refractivity contribution in [3.63, 3.8) is 0 Å². The van der Waals surface area contributed by atoms with E-state index in [2.05, 4.69) is 34.1 Å². The monoisotopic (exact) mass is 662 g/mol. The van der Waals surface area contributed by atoms with Crippen LogP contribution in [-0.2, 0) is 17.7 Å². The second kappa shape index (κ2) is 14.9. The number of halogens is 1. The molecule has 3 heterocycles. The summed E-state index contributed by atoms with van der Waals surface area (Å²) in [5, 5.41) is 10.4. The lowest BCUT2D eigenvalue weighted by atomic mass is 9.82. The molecule has 254 valence electrons. The Balaban J connectivity index is 1.17. The summed E-state index contributed by atoms with van der Waals surface area (Å²) in [4.78, 5) is 34.8. The number of ether oxygens (including phenoxy) is 1. The van der Waals surface area contributed by atoms with Crippen LogP contribution in [0.2, 0.25) is 0 Å². The molecule has 1 aliphatic carbocycles. The molecule has 3 aromatic carbocycles. The predicted octanol–water partition coefficient (Wildman–Crippen LogP) is 7.04. The van der Waals surface area contributed by atoms with Crippen molar-refractivity contribution in [2.24, 2.45) is 5.92 Å². The van der Waals surface area contributed by atoms with E-state index in [1.807, 2.05) is 36.4 Å². The maximum atomic E-state index is 14.6. The van der Waals surface area contributed by atoms with Gasteiger partial charge in [0.25, 0.3) is 5.56 Å². The molecule has 2 aromatic heterocycles. The number of rotatable bonds is 10. The van der Waals surface area contributed by atoms with Gasteiger partial charge in [0.2, 0.25) is 0 Å². The fraction of sp³-hybridized carbons (Fsp3) is 0.375. The number of fused-ring (bicyclic) bond motifs is 1. The smallest absolute Gasteiger partial charge is 0.337 e.